The van der Waals surface area contributed by atoms with Crippen LogP contribution in [0.3, 0.4) is 0 Å². The van der Waals surface area contributed by atoms with Gasteiger partial charge >= 0.3 is 0 Å². The molecule has 12 heteroatoms. The van der Waals surface area contributed by atoms with Crippen LogP contribution in [0.1, 0.15) is 31.4 Å². The van der Waals surface area contributed by atoms with E-state index in [1.807, 2.05) is 62.4 Å². The van der Waals surface area contributed by atoms with Gasteiger partial charge in [0.25, 0.3) is 0 Å². The van der Waals surface area contributed by atoms with Crippen molar-refractivity contribution in [3.63, 3.8) is 0 Å². The van der Waals surface area contributed by atoms with E-state index in [0.29, 0.717) is 39.0 Å². The van der Waals surface area contributed by atoms with Gasteiger partial charge in [-0.25, -0.2) is 0 Å². The molecular formula is C29H40IN7O4. The molecule has 8 N–H and O–H groups in total. The Labute approximate surface area is 254 Å². The van der Waals surface area contributed by atoms with Gasteiger partial charge in [0.1, 0.15) is 24.4 Å². The maximum Gasteiger partial charge on any atom is 0.244 e. The number of aryl methyl sites for hydroxylation is 1. The minimum absolute atomic E-state index is 0.0701. The summed E-state index contributed by atoms with van der Waals surface area (Å²) in [5.41, 5.74) is 7.43. The molecule has 1 aliphatic rings. The molecule has 1 heterocycles. The molecule has 0 radical (unpaired) electrons. The first kappa shape index (κ1) is 32.1. The number of carbonyl (C=O) groups is 3. The molecular weight excluding hydrogens is 637 g/mol. The van der Waals surface area contributed by atoms with Crippen LogP contribution in [0.4, 0.5) is 0 Å². The summed E-state index contributed by atoms with van der Waals surface area (Å²) in [4.78, 5) is 40.0. The zero-order valence-electron chi connectivity index (χ0n) is 23.5. The van der Waals surface area contributed by atoms with Gasteiger partial charge in [-0.15, -0.1) is 0 Å². The van der Waals surface area contributed by atoms with Crippen LogP contribution < -0.4 is 37.1 Å². The van der Waals surface area contributed by atoms with Crippen molar-refractivity contribution in [1.82, 2.24) is 26.6 Å². The van der Waals surface area contributed by atoms with Gasteiger partial charge in [0, 0.05) is 23.2 Å². The number of hydrogen-bond donors (Lipinski definition) is 7. The van der Waals surface area contributed by atoms with E-state index in [-0.39, 0.29) is 24.3 Å². The number of carbonyl (C=O) groups excluding carboxylic acids is 3. The van der Waals surface area contributed by atoms with Crippen LogP contribution in [-0.4, -0.2) is 68.0 Å². The Balaban J connectivity index is 1.86. The van der Waals surface area contributed by atoms with Crippen molar-refractivity contribution in [3.8, 4) is 5.75 Å². The summed E-state index contributed by atoms with van der Waals surface area (Å²) in [6.45, 7) is 4.73. The normalized spacial score (nSPS) is 21.3. The fourth-order valence-electron chi connectivity index (χ4n) is 4.44. The largest absolute Gasteiger partial charge is 0.492 e. The predicted octanol–water partition coefficient (Wildman–Crippen LogP) is 1.04. The lowest BCUT2D eigenvalue weighted by Gasteiger charge is -2.28. The highest BCUT2D eigenvalue weighted by atomic mass is 127. The first-order valence-corrected chi connectivity index (χ1v) is 14.9. The predicted molar refractivity (Wildman–Crippen MR) is 167 cm³/mol. The minimum atomic E-state index is -1.00. The van der Waals surface area contributed by atoms with Crippen molar-refractivity contribution >= 4 is 46.3 Å². The van der Waals surface area contributed by atoms with Crippen LogP contribution in [0.5, 0.6) is 5.75 Å². The van der Waals surface area contributed by atoms with Gasteiger partial charge < -0.3 is 37.1 Å². The highest BCUT2D eigenvalue weighted by Crippen LogP contribution is 2.19. The third kappa shape index (κ3) is 10.5. The number of fused-ring (bicyclic) bond motifs is 1. The first-order valence-electron chi connectivity index (χ1n) is 13.8. The van der Waals surface area contributed by atoms with Gasteiger partial charge in [0.2, 0.25) is 17.7 Å². The molecule has 41 heavy (non-hydrogen) atoms. The number of halogens is 1. The number of benzene rings is 2. The molecule has 11 nitrogen and oxygen atoms in total. The Morgan fingerprint density at radius 2 is 1.76 bits per heavy atom. The van der Waals surface area contributed by atoms with Gasteiger partial charge in [-0.1, -0.05) is 44.2 Å². The molecule has 2 aromatic rings. The summed E-state index contributed by atoms with van der Waals surface area (Å²) in [5.74, 6) is -1.05. The van der Waals surface area contributed by atoms with E-state index in [9.17, 15) is 14.4 Å². The maximum atomic E-state index is 13.6. The van der Waals surface area contributed by atoms with Gasteiger partial charge in [0.15, 0.2) is 5.96 Å². The number of rotatable bonds is 5. The lowest BCUT2D eigenvalue weighted by Crippen LogP contribution is -2.60. The van der Waals surface area contributed by atoms with Crippen LogP contribution in [0.15, 0.2) is 48.5 Å². The topological polar surface area (TPSA) is 170 Å². The standard InChI is InChI=1S/C29H40IN7O4/c1-18(2)25-28(40)36-23(17-35-29(31)32)26(38)34-13-5-7-20-6-3-4-8-24(20)41-15-14-33-22(27(39)37-25)16-19-9-11-21(30)12-10-19/h3-4,6,8-12,18,22-23,25,33H,5,7,13-17H2,1-2H3,(H,34,38)(H,36,40)(H,37,39)(H4,31,32,35)/t22-,23+,25-/m1/s1. The Morgan fingerprint density at radius 3 is 2.46 bits per heavy atom. The molecule has 0 aromatic heterocycles. The molecule has 3 atom stereocenters. The Bertz CT molecular complexity index is 1190. The van der Waals surface area contributed by atoms with E-state index >= 15 is 0 Å². The quantitative estimate of drug-likeness (QED) is 0.141. The number of ether oxygens (including phenoxy) is 1. The van der Waals surface area contributed by atoms with E-state index in [2.05, 4.69) is 49.2 Å². The molecule has 0 aliphatic carbocycles. The molecule has 0 saturated heterocycles. The zero-order chi connectivity index (χ0) is 29.8. The SMILES string of the molecule is CC(C)[C@H]1NC(=O)[C@@H](Cc2ccc(I)cc2)NCCOc2ccccc2CCCNC(=O)[C@H](CNC(=N)N)NC1=O. The molecule has 3 rings (SSSR count). The van der Waals surface area contributed by atoms with Crippen molar-refractivity contribution in [3.05, 3.63) is 63.2 Å². The van der Waals surface area contributed by atoms with E-state index in [1.165, 1.54) is 0 Å². The van der Waals surface area contributed by atoms with E-state index in [1.54, 1.807) is 0 Å². The Morgan fingerprint density at radius 1 is 1.02 bits per heavy atom. The van der Waals surface area contributed by atoms with Crippen LogP contribution in [0.25, 0.3) is 0 Å². The molecule has 222 valence electrons. The van der Waals surface area contributed by atoms with Crippen LogP contribution in [-0.2, 0) is 27.2 Å². The molecule has 2 aromatic carbocycles. The number of amides is 3. The molecule has 0 unspecified atom stereocenters. The summed E-state index contributed by atoms with van der Waals surface area (Å²) < 4.78 is 7.16. The number of nitrogens with two attached hydrogens (primary N) is 1. The summed E-state index contributed by atoms with van der Waals surface area (Å²) in [6, 6.07) is 13.2. The molecule has 0 spiro atoms. The molecule has 1 aliphatic heterocycles. The Hall–Kier alpha value is -3.39. The van der Waals surface area contributed by atoms with Crippen LogP contribution in [0.2, 0.25) is 0 Å². The average molecular weight is 678 g/mol. The van der Waals surface area contributed by atoms with Gasteiger partial charge in [0.05, 0.1) is 6.04 Å². The lowest BCUT2D eigenvalue weighted by molar-refractivity contribution is -0.133. The Kier molecular flexibility index (Phi) is 12.7. The number of nitrogens with one attached hydrogen (secondary N) is 6. The second-order valence-electron chi connectivity index (χ2n) is 10.3. The van der Waals surface area contributed by atoms with Crippen molar-refractivity contribution in [2.24, 2.45) is 11.7 Å². The summed E-state index contributed by atoms with van der Waals surface area (Å²) >= 11 is 2.24. The van der Waals surface area contributed by atoms with Crippen molar-refractivity contribution in [2.75, 3.05) is 26.2 Å². The third-order valence-electron chi connectivity index (χ3n) is 6.69. The van der Waals surface area contributed by atoms with Gasteiger partial charge in [-0.3, -0.25) is 19.8 Å². The lowest BCUT2D eigenvalue weighted by atomic mass is 10.0. The average Bonchev–Trinajstić information content (AvgIpc) is 2.94. The second-order valence-corrected chi connectivity index (χ2v) is 11.5. The molecule has 3 amide bonds. The van der Waals surface area contributed by atoms with Gasteiger partial charge in [-0.05, 0) is 77.1 Å². The zero-order valence-corrected chi connectivity index (χ0v) is 25.6. The van der Waals surface area contributed by atoms with E-state index < -0.39 is 29.9 Å². The monoisotopic (exact) mass is 677 g/mol. The second kappa shape index (κ2) is 16.2. The highest BCUT2D eigenvalue weighted by molar-refractivity contribution is 14.1. The van der Waals surface area contributed by atoms with Crippen molar-refractivity contribution < 1.29 is 19.1 Å². The van der Waals surface area contributed by atoms with Crippen molar-refractivity contribution in [2.45, 2.75) is 51.2 Å². The van der Waals surface area contributed by atoms with Gasteiger partial charge in [-0.2, -0.15) is 0 Å². The highest BCUT2D eigenvalue weighted by Gasteiger charge is 2.31. The van der Waals surface area contributed by atoms with Crippen LogP contribution in [0, 0.1) is 14.9 Å². The van der Waals surface area contributed by atoms with Crippen LogP contribution >= 0.6 is 22.6 Å². The first-order chi connectivity index (χ1) is 19.6. The summed E-state index contributed by atoms with van der Waals surface area (Å²) in [6.07, 6.45) is 1.76. The third-order valence-corrected chi connectivity index (χ3v) is 7.41. The molecule has 0 saturated carbocycles. The summed E-state index contributed by atoms with van der Waals surface area (Å²) in [5, 5.41) is 21.9. The number of guanidine groups is 1. The minimum Gasteiger partial charge on any atom is -0.492 e. The smallest absolute Gasteiger partial charge is 0.244 e. The van der Waals surface area contributed by atoms with Crippen molar-refractivity contribution in [1.29, 1.82) is 5.41 Å². The molecule has 0 bridgehead atoms. The fourth-order valence-corrected chi connectivity index (χ4v) is 4.80. The molecule has 0 fully saturated rings. The fraction of sp³-hybridized carbons (Fsp3) is 0.448. The number of hydrogen-bond acceptors (Lipinski definition) is 6. The summed E-state index contributed by atoms with van der Waals surface area (Å²) in [7, 11) is 0. The van der Waals surface area contributed by atoms with E-state index in [4.69, 9.17) is 15.9 Å². The number of para-hydroxylation sites is 1. The van der Waals surface area contributed by atoms with E-state index in [0.717, 1.165) is 20.4 Å². The maximum absolute atomic E-state index is 13.6.